The van der Waals surface area contributed by atoms with Crippen molar-refractivity contribution in [3.63, 3.8) is 0 Å². The van der Waals surface area contributed by atoms with Crippen molar-refractivity contribution in [1.82, 2.24) is 0 Å². The van der Waals surface area contributed by atoms with Crippen LogP contribution in [0, 0.1) is 17.3 Å². The average Bonchev–Trinajstić information content (AvgIpc) is 2.21. The lowest BCUT2D eigenvalue weighted by molar-refractivity contribution is -0.170. The maximum atomic E-state index is 11.7. The van der Waals surface area contributed by atoms with Gasteiger partial charge in [0.1, 0.15) is 0 Å². The monoisotopic (exact) mass is 212 g/mol. The van der Waals surface area contributed by atoms with Crippen LogP contribution >= 0.6 is 0 Å². The van der Waals surface area contributed by atoms with E-state index < -0.39 is 0 Å². The number of hydrogen-bond acceptors (Lipinski definition) is 2. The molecule has 0 aromatic carbocycles. The minimum Gasteiger partial charge on any atom is -0.465 e. The van der Waals surface area contributed by atoms with Crippen molar-refractivity contribution in [2.75, 3.05) is 6.61 Å². The molecule has 0 aliphatic carbocycles. The summed E-state index contributed by atoms with van der Waals surface area (Å²) in [6, 6.07) is 0. The summed E-state index contributed by atoms with van der Waals surface area (Å²) < 4.78 is 5.34. The fourth-order valence-electron chi connectivity index (χ4n) is 3.16. The molecule has 0 N–H and O–H groups in total. The van der Waals surface area contributed by atoms with Gasteiger partial charge in [0.15, 0.2) is 0 Å². The second kappa shape index (κ2) is 5.00. The van der Waals surface area contributed by atoms with Gasteiger partial charge >= 0.3 is 5.97 Å². The molecule has 0 spiro atoms. The van der Waals surface area contributed by atoms with Crippen LogP contribution in [-0.2, 0) is 9.53 Å². The number of ether oxygens (including phenoxy) is 1. The molecule has 1 rings (SSSR count). The van der Waals surface area contributed by atoms with Gasteiger partial charge in [-0.3, -0.25) is 4.79 Å². The van der Waals surface area contributed by atoms with E-state index in [2.05, 4.69) is 27.7 Å². The van der Waals surface area contributed by atoms with Crippen molar-refractivity contribution in [2.45, 2.75) is 53.4 Å². The normalized spacial score (nSPS) is 36.4. The van der Waals surface area contributed by atoms with Gasteiger partial charge in [-0.05, 0) is 18.8 Å². The SMILES string of the molecule is CCCC1(C)COC(=O)C(CC)C1CC. The molecule has 0 bridgehead atoms. The summed E-state index contributed by atoms with van der Waals surface area (Å²) in [5.41, 5.74) is 0.206. The molecule has 3 unspecified atom stereocenters. The minimum absolute atomic E-state index is 0.0259. The van der Waals surface area contributed by atoms with E-state index in [0.717, 1.165) is 19.3 Å². The Kier molecular flexibility index (Phi) is 4.18. The third-order valence-corrected chi connectivity index (χ3v) is 3.93. The van der Waals surface area contributed by atoms with Gasteiger partial charge in [-0.1, -0.05) is 40.5 Å². The fraction of sp³-hybridized carbons (Fsp3) is 0.923. The maximum absolute atomic E-state index is 11.7. The highest BCUT2D eigenvalue weighted by Crippen LogP contribution is 2.44. The van der Waals surface area contributed by atoms with Gasteiger partial charge in [-0.25, -0.2) is 0 Å². The van der Waals surface area contributed by atoms with Crippen molar-refractivity contribution >= 4 is 5.97 Å². The Balaban J connectivity index is 2.85. The lowest BCUT2D eigenvalue weighted by Gasteiger charge is -2.44. The first-order valence-electron chi connectivity index (χ1n) is 6.25. The molecule has 0 aromatic heterocycles. The largest absolute Gasteiger partial charge is 0.465 e. The topological polar surface area (TPSA) is 26.3 Å². The van der Waals surface area contributed by atoms with Crippen LogP contribution in [0.3, 0.4) is 0 Å². The van der Waals surface area contributed by atoms with E-state index in [4.69, 9.17) is 4.74 Å². The number of rotatable bonds is 4. The molecular formula is C13H24O2. The molecule has 2 nitrogen and oxygen atoms in total. The predicted octanol–water partition coefficient (Wildman–Crippen LogP) is 3.40. The first-order valence-corrected chi connectivity index (χ1v) is 6.25. The minimum atomic E-state index is 0.0259. The van der Waals surface area contributed by atoms with E-state index in [-0.39, 0.29) is 17.3 Å². The van der Waals surface area contributed by atoms with E-state index in [0.29, 0.717) is 12.5 Å². The third-order valence-electron chi connectivity index (χ3n) is 3.93. The third kappa shape index (κ3) is 2.35. The Bertz CT molecular complexity index is 225. The summed E-state index contributed by atoms with van der Waals surface area (Å²) in [4.78, 5) is 11.7. The molecule has 1 saturated heterocycles. The van der Waals surface area contributed by atoms with E-state index in [1.807, 2.05) is 0 Å². The van der Waals surface area contributed by atoms with Crippen LogP contribution in [0.1, 0.15) is 53.4 Å². The summed E-state index contributed by atoms with van der Waals surface area (Å²) in [7, 11) is 0. The van der Waals surface area contributed by atoms with Crippen molar-refractivity contribution in [2.24, 2.45) is 17.3 Å². The first kappa shape index (κ1) is 12.5. The molecular weight excluding hydrogens is 188 g/mol. The zero-order valence-electron chi connectivity index (χ0n) is 10.5. The standard InChI is InChI=1S/C13H24O2/c1-5-8-13(4)9-15-12(14)10(6-2)11(13)7-3/h10-11H,5-9H2,1-4H3. The summed E-state index contributed by atoms with van der Waals surface area (Å²) in [6.45, 7) is 9.38. The van der Waals surface area contributed by atoms with E-state index >= 15 is 0 Å². The molecule has 0 amide bonds. The summed E-state index contributed by atoms with van der Waals surface area (Å²) in [6.07, 6.45) is 4.33. The molecule has 3 atom stereocenters. The second-order valence-electron chi connectivity index (χ2n) is 5.04. The van der Waals surface area contributed by atoms with Crippen LogP contribution in [0.4, 0.5) is 0 Å². The molecule has 2 heteroatoms. The van der Waals surface area contributed by atoms with Crippen molar-refractivity contribution < 1.29 is 9.53 Å². The van der Waals surface area contributed by atoms with Crippen LogP contribution in [0.2, 0.25) is 0 Å². The highest BCUT2D eigenvalue weighted by Gasteiger charge is 2.45. The molecule has 1 aliphatic heterocycles. The van der Waals surface area contributed by atoms with Crippen LogP contribution in [0.5, 0.6) is 0 Å². The lowest BCUT2D eigenvalue weighted by Crippen LogP contribution is -2.46. The van der Waals surface area contributed by atoms with Crippen LogP contribution < -0.4 is 0 Å². The molecule has 0 aromatic rings. The Morgan fingerprint density at radius 3 is 2.47 bits per heavy atom. The van der Waals surface area contributed by atoms with E-state index in [1.54, 1.807) is 0 Å². The number of carbonyl (C=O) groups is 1. The van der Waals surface area contributed by atoms with Gasteiger partial charge in [0.05, 0.1) is 12.5 Å². The fourth-order valence-corrected chi connectivity index (χ4v) is 3.16. The van der Waals surface area contributed by atoms with Crippen molar-refractivity contribution in [3.8, 4) is 0 Å². The van der Waals surface area contributed by atoms with Gasteiger partial charge in [-0.15, -0.1) is 0 Å². The predicted molar refractivity (Wildman–Crippen MR) is 61.5 cm³/mol. The molecule has 15 heavy (non-hydrogen) atoms. The van der Waals surface area contributed by atoms with Gasteiger partial charge in [-0.2, -0.15) is 0 Å². The first-order chi connectivity index (χ1) is 7.09. The lowest BCUT2D eigenvalue weighted by atomic mass is 9.65. The maximum Gasteiger partial charge on any atom is 0.309 e. The molecule has 88 valence electrons. The summed E-state index contributed by atoms with van der Waals surface area (Å²) >= 11 is 0. The zero-order chi connectivity index (χ0) is 11.5. The Morgan fingerprint density at radius 2 is 2.00 bits per heavy atom. The molecule has 1 fully saturated rings. The molecule has 1 heterocycles. The highest BCUT2D eigenvalue weighted by molar-refractivity contribution is 5.73. The zero-order valence-corrected chi connectivity index (χ0v) is 10.5. The summed E-state index contributed by atoms with van der Waals surface area (Å²) in [5.74, 6) is 0.655. The van der Waals surface area contributed by atoms with Gasteiger partial charge in [0.25, 0.3) is 0 Å². The van der Waals surface area contributed by atoms with Crippen LogP contribution in [0.25, 0.3) is 0 Å². The summed E-state index contributed by atoms with van der Waals surface area (Å²) in [5, 5.41) is 0. The Labute approximate surface area is 93.4 Å². The molecule has 1 aliphatic rings. The van der Waals surface area contributed by atoms with Crippen LogP contribution in [-0.4, -0.2) is 12.6 Å². The Morgan fingerprint density at radius 1 is 1.33 bits per heavy atom. The molecule has 0 saturated carbocycles. The average molecular weight is 212 g/mol. The van der Waals surface area contributed by atoms with Gasteiger partial charge in [0.2, 0.25) is 0 Å². The highest BCUT2D eigenvalue weighted by atomic mass is 16.5. The number of cyclic esters (lactones) is 1. The van der Waals surface area contributed by atoms with Crippen molar-refractivity contribution in [3.05, 3.63) is 0 Å². The smallest absolute Gasteiger partial charge is 0.309 e. The molecule has 0 radical (unpaired) electrons. The number of esters is 1. The number of carbonyl (C=O) groups excluding carboxylic acids is 1. The number of hydrogen-bond donors (Lipinski definition) is 0. The van der Waals surface area contributed by atoms with Crippen LogP contribution in [0.15, 0.2) is 0 Å². The van der Waals surface area contributed by atoms with E-state index in [1.165, 1.54) is 6.42 Å². The quantitative estimate of drug-likeness (QED) is 0.668. The van der Waals surface area contributed by atoms with Crippen molar-refractivity contribution in [1.29, 1.82) is 0 Å². The Hall–Kier alpha value is -0.530. The second-order valence-corrected chi connectivity index (χ2v) is 5.04. The van der Waals surface area contributed by atoms with Gasteiger partial charge in [0, 0.05) is 5.41 Å². The van der Waals surface area contributed by atoms with E-state index in [9.17, 15) is 4.79 Å². The van der Waals surface area contributed by atoms with Gasteiger partial charge < -0.3 is 4.74 Å².